The molecule has 0 bridgehead atoms. The quantitative estimate of drug-likeness (QED) is 0.813. The second-order valence-corrected chi connectivity index (χ2v) is 5.39. The van der Waals surface area contributed by atoms with E-state index in [4.69, 9.17) is 4.74 Å². The van der Waals surface area contributed by atoms with E-state index in [9.17, 15) is 5.11 Å². The Morgan fingerprint density at radius 1 is 1.44 bits per heavy atom. The third-order valence-electron chi connectivity index (χ3n) is 4.19. The Balaban J connectivity index is 1.98. The van der Waals surface area contributed by atoms with Crippen LogP contribution in [0.1, 0.15) is 44.7 Å². The van der Waals surface area contributed by atoms with Crippen LogP contribution in [0.3, 0.4) is 0 Å². The molecule has 2 rings (SSSR count). The zero-order valence-electron chi connectivity index (χ0n) is 11.5. The average Bonchev–Trinajstić information content (AvgIpc) is 3.17. The molecule has 1 saturated carbocycles. The van der Waals surface area contributed by atoms with E-state index in [1.54, 1.807) is 13.2 Å². The van der Waals surface area contributed by atoms with Crippen molar-refractivity contribution < 1.29 is 9.84 Å². The van der Waals surface area contributed by atoms with Gasteiger partial charge in [-0.15, -0.1) is 0 Å². The summed E-state index contributed by atoms with van der Waals surface area (Å²) < 4.78 is 5.14. The van der Waals surface area contributed by atoms with Crippen LogP contribution in [0.5, 0.6) is 11.5 Å². The number of benzene rings is 1. The van der Waals surface area contributed by atoms with Gasteiger partial charge in [-0.1, -0.05) is 13.0 Å². The first-order chi connectivity index (χ1) is 8.60. The Bertz CT molecular complexity index is 413. The van der Waals surface area contributed by atoms with Crippen LogP contribution in [0.15, 0.2) is 18.2 Å². The SMILES string of the molecule is CCC1(CNC(C)c2ccc(O)c(OC)c2)CC1. The molecule has 1 aromatic carbocycles. The fourth-order valence-corrected chi connectivity index (χ4v) is 2.28. The second-order valence-electron chi connectivity index (χ2n) is 5.39. The number of rotatable bonds is 6. The molecule has 2 N–H and O–H groups in total. The van der Waals surface area contributed by atoms with Crippen molar-refractivity contribution in [2.45, 2.75) is 39.2 Å². The molecule has 1 aliphatic carbocycles. The largest absolute Gasteiger partial charge is 0.504 e. The molecule has 1 aliphatic rings. The van der Waals surface area contributed by atoms with Crippen LogP contribution in [0.25, 0.3) is 0 Å². The molecule has 0 aliphatic heterocycles. The molecule has 1 atom stereocenters. The van der Waals surface area contributed by atoms with Crippen LogP contribution in [0.4, 0.5) is 0 Å². The van der Waals surface area contributed by atoms with Gasteiger partial charge < -0.3 is 15.2 Å². The Labute approximate surface area is 109 Å². The van der Waals surface area contributed by atoms with Gasteiger partial charge in [0, 0.05) is 12.6 Å². The molecule has 1 fully saturated rings. The monoisotopic (exact) mass is 249 g/mol. The van der Waals surface area contributed by atoms with Gasteiger partial charge in [-0.25, -0.2) is 0 Å². The molecule has 0 heterocycles. The van der Waals surface area contributed by atoms with Crippen molar-refractivity contribution in [2.75, 3.05) is 13.7 Å². The molecular formula is C15H23NO2. The third kappa shape index (κ3) is 2.78. The van der Waals surface area contributed by atoms with Crippen LogP contribution >= 0.6 is 0 Å². The molecule has 0 amide bonds. The van der Waals surface area contributed by atoms with Gasteiger partial charge in [0.15, 0.2) is 11.5 Å². The summed E-state index contributed by atoms with van der Waals surface area (Å²) >= 11 is 0. The Kier molecular flexibility index (Phi) is 3.81. The molecule has 1 unspecified atom stereocenters. The minimum atomic E-state index is 0.195. The lowest BCUT2D eigenvalue weighted by molar-refractivity contribution is 0.371. The summed E-state index contributed by atoms with van der Waals surface area (Å²) in [5.41, 5.74) is 1.70. The Morgan fingerprint density at radius 3 is 2.72 bits per heavy atom. The predicted octanol–water partition coefficient (Wildman–Crippen LogP) is 3.24. The van der Waals surface area contributed by atoms with Gasteiger partial charge in [-0.05, 0) is 49.3 Å². The maximum absolute atomic E-state index is 9.58. The standard InChI is InChI=1S/C15H23NO2/c1-4-15(7-8-15)10-16-11(2)12-5-6-13(17)14(9-12)18-3/h5-6,9,11,16-17H,4,7-8,10H2,1-3H3. The number of hydrogen-bond acceptors (Lipinski definition) is 3. The first-order valence-electron chi connectivity index (χ1n) is 6.70. The van der Waals surface area contributed by atoms with Crippen molar-refractivity contribution in [3.05, 3.63) is 23.8 Å². The summed E-state index contributed by atoms with van der Waals surface area (Å²) in [7, 11) is 1.58. The number of hydrogen-bond donors (Lipinski definition) is 2. The van der Waals surface area contributed by atoms with E-state index in [-0.39, 0.29) is 11.8 Å². The van der Waals surface area contributed by atoms with Crippen molar-refractivity contribution >= 4 is 0 Å². The van der Waals surface area contributed by atoms with Crippen molar-refractivity contribution in [1.82, 2.24) is 5.32 Å². The maximum Gasteiger partial charge on any atom is 0.160 e. The smallest absolute Gasteiger partial charge is 0.160 e. The molecule has 0 spiro atoms. The zero-order valence-corrected chi connectivity index (χ0v) is 11.5. The van der Waals surface area contributed by atoms with Crippen molar-refractivity contribution in [3.8, 4) is 11.5 Å². The number of phenolic OH excluding ortho intramolecular Hbond substituents is 1. The van der Waals surface area contributed by atoms with Gasteiger partial charge >= 0.3 is 0 Å². The topological polar surface area (TPSA) is 41.5 Å². The highest BCUT2D eigenvalue weighted by molar-refractivity contribution is 5.42. The van der Waals surface area contributed by atoms with Gasteiger partial charge in [0.1, 0.15) is 0 Å². The summed E-state index contributed by atoms with van der Waals surface area (Å²) in [6.07, 6.45) is 3.95. The Hall–Kier alpha value is -1.22. The number of methoxy groups -OCH3 is 1. The van der Waals surface area contributed by atoms with Gasteiger partial charge in [0.25, 0.3) is 0 Å². The molecule has 0 aromatic heterocycles. The van der Waals surface area contributed by atoms with E-state index in [0.29, 0.717) is 11.2 Å². The molecule has 18 heavy (non-hydrogen) atoms. The van der Waals surface area contributed by atoms with E-state index in [0.717, 1.165) is 12.1 Å². The fourth-order valence-electron chi connectivity index (χ4n) is 2.28. The summed E-state index contributed by atoms with van der Waals surface area (Å²) in [6.45, 7) is 5.49. The van der Waals surface area contributed by atoms with Crippen LogP contribution < -0.4 is 10.1 Å². The molecule has 100 valence electrons. The van der Waals surface area contributed by atoms with E-state index in [1.807, 2.05) is 12.1 Å². The lowest BCUT2D eigenvalue weighted by Gasteiger charge is -2.19. The van der Waals surface area contributed by atoms with E-state index < -0.39 is 0 Å². The predicted molar refractivity (Wildman–Crippen MR) is 73.0 cm³/mol. The van der Waals surface area contributed by atoms with Crippen LogP contribution in [0, 0.1) is 5.41 Å². The molecule has 1 aromatic rings. The van der Waals surface area contributed by atoms with Crippen molar-refractivity contribution in [3.63, 3.8) is 0 Å². The highest BCUT2D eigenvalue weighted by atomic mass is 16.5. The van der Waals surface area contributed by atoms with E-state index in [1.165, 1.54) is 19.3 Å². The minimum absolute atomic E-state index is 0.195. The number of aromatic hydroxyl groups is 1. The first kappa shape index (κ1) is 13.2. The molecule has 3 heteroatoms. The third-order valence-corrected chi connectivity index (χ3v) is 4.19. The summed E-state index contributed by atoms with van der Waals surface area (Å²) in [4.78, 5) is 0. The summed E-state index contributed by atoms with van der Waals surface area (Å²) in [6, 6.07) is 5.82. The molecule has 0 radical (unpaired) electrons. The molecule has 3 nitrogen and oxygen atoms in total. The zero-order chi connectivity index (χ0) is 13.2. The lowest BCUT2D eigenvalue weighted by Crippen LogP contribution is -2.26. The van der Waals surface area contributed by atoms with Gasteiger partial charge in [-0.2, -0.15) is 0 Å². The van der Waals surface area contributed by atoms with Gasteiger partial charge in [0.2, 0.25) is 0 Å². The van der Waals surface area contributed by atoms with Crippen LogP contribution in [-0.4, -0.2) is 18.8 Å². The number of ether oxygens (including phenoxy) is 1. The fraction of sp³-hybridized carbons (Fsp3) is 0.600. The first-order valence-corrected chi connectivity index (χ1v) is 6.70. The summed E-state index contributed by atoms with van der Waals surface area (Å²) in [5.74, 6) is 0.735. The number of phenols is 1. The maximum atomic E-state index is 9.58. The van der Waals surface area contributed by atoms with Crippen molar-refractivity contribution in [1.29, 1.82) is 0 Å². The van der Waals surface area contributed by atoms with Crippen LogP contribution in [-0.2, 0) is 0 Å². The second kappa shape index (κ2) is 5.19. The highest BCUT2D eigenvalue weighted by Crippen LogP contribution is 2.48. The van der Waals surface area contributed by atoms with Gasteiger partial charge in [-0.3, -0.25) is 0 Å². The highest BCUT2D eigenvalue weighted by Gasteiger charge is 2.40. The molecular weight excluding hydrogens is 226 g/mol. The summed E-state index contributed by atoms with van der Waals surface area (Å²) in [5, 5.41) is 13.2. The lowest BCUT2D eigenvalue weighted by atomic mass is 10.0. The minimum Gasteiger partial charge on any atom is -0.504 e. The molecule has 0 saturated heterocycles. The normalized spacial score (nSPS) is 18.4. The van der Waals surface area contributed by atoms with E-state index >= 15 is 0 Å². The average molecular weight is 249 g/mol. The van der Waals surface area contributed by atoms with Gasteiger partial charge in [0.05, 0.1) is 7.11 Å². The van der Waals surface area contributed by atoms with E-state index in [2.05, 4.69) is 19.2 Å². The van der Waals surface area contributed by atoms with Crippen molar-refractivity contribution in [2.24, 2.45) is 5.41 Å². The Morgan fingerprint density at radius 2 is 2.17 bits per heavy atom. The number of nitrogens with one attached hydrogen (secondary N) is 1. The van der Waals surface area contributed by atoms with Crippen LogP contribution in [0.2, 0.25) is 0 Å².